The van der Waals surface area contributed by atoms with Crippen LogP contribution in [0.1, 0.15) is 17.0 Å². The number of likely N-dealkylation sites (N-methyl/N-ethyl adjacent to an activating group) is 1. The normalized spacial score (nSPS) is 15.8. The van der Waals surface area contributed by atoms with Crippen LogP contribution in [-0.2, 0) is 9.59 Å². The second kappa shape index (κ2) is 7.56. The molecule has 1 aromatic heterocycles. The summed E-state index contributed by atoms with van der Waals surface area (Å²) in [4.78, 5) is 36.8. The molecular weight excluding hydrogens is 358 g/mol. The average Bonchev–Trinajstić information content (AvgIpc) is 2.95. The van der Waals surface area contributed by atoms with E-state index in [1.54, 1.807) is 6.08 Å². The predicted molar refractivity (Wildman–Crippen MR) is 105 cm³/mol. The molecule has 1 aliphatic rings. The molecule has 0 unspecified atom stereocenters. The summed E-state index contributed by atoms with van der Waals surface area (Å²) in [5, 5.41) is 2.16. The number of hydrogen-bond donors (Lipinski definition) is 1. The molecule has 2 aromatic rings. The van der Waals surface area contributed by atoms with Gasteiger partial charge in [-0.1, -0.05) is 12.7 Å². The number of rotatable bonds is 5. The minimum Gasteiger partial charge on any atom is -0.490 e. The maximum Gasteiger partial charge on any atom is 0.331 e. The molecule has 1 aliphatic heterocycles. The topological polar surface area (TPSA) is 80.6 Å². The van der Waals surface area contributed by atoms with Crippen molar-refractivity contribution in [3.63, 3.8) is 0 Å². The summed E-state index contributed by atoms with van der Waals surface area (Å²) < 4.78 is 7.52. The molecule has 1 aromatic carbocycles. The van der Waals surface area contributed by atoms with Crippen molar-refractivity contribution in [3.8, 4) is 11.4 Å². The molecule has 1 fully saturated rings. The highest BCUT2D eigenvalue weighted by molar-refractivity contribution is 6.30. The number of nitrogens with one attached hydrogen (secondary N) is 1. The number of imide groups is 2. The van der Waals surface area contributed by atoms with Crippen molar-refractivity contribution in [2.75, 3.05) is 13.7 Å². The largest absolute Gasteiger partial charge is 0.490 e. The minimum absolute atomic E-state index is 0.0736. The Labute approximate surface area is 162 Å². The molecule has 2 heterocycles. The van der Waals surface area contributed by atoms with Crippen molar-refractivity contribution >= 4 is 23.9 Å². The summed E-state index contributed by atoms with van der Waals surface area (Å²) in [6, 6.07) is 8.77. The minimum atomic E-state index is -0.726. The van der Waals surface area contributed by atoms with E-state index < -0.39 is 17.8 Å². The summed E-state index contributed by atoms with van der Waals surface area (Å²) in [5.74, 6) is -0.575. The van der Waals surface area contributed by atoms with E-state index in [9.17, 15) is 14.4 Å². The Hall–Kier alpha value is -3.61. The lowest BCUT2D eigenvalue weighted by Crippen LogP contribution is -2.52. The van der Waals surface area contributed by atoms with Crippen molar-refractivity contribution in [3.05, 3.63) is 65.5 Å². The molecule has 1 N–H and O–H groups in total. The SMILES string of the molecule is C=CCOc1ccc(-n2c(C)cc(C=C3C(=O)NC(=O)N(C)C3=O)c2C)cc1. The number of ether oxygens (including phenoxy) is 1. The number of hydrogen-bond acceptors (Lipinski definition) is 4. The van der Waals surface area contributed by atoms with E-state index in [0.29, 0.717) is 6.61 Å². The van der Waals surface area contributed by atoms with Crippen LogP contribution in [-0.4, -0.2) is 41.0 Å². The fourth-order valence-corrected chi connectivity index (χ4v) is 3.08. The van der Waals surface area contributed by atoms with E-state index in [4.69, 9.17) is 4.74 Å². The van der Waals surface area contributed by atoms with Gasteiger partial charge in [0.2, 0.25) is 0 Å². The van der Waals surface area contributed by atoms with Gasteiger partial charge in [0.15, 0.2) is 0 Å². The number of aromatic nitrogens is 1. The fourth-order valence-electron chi connectivity index (χ4n) is 3.08. The molecule has 144 valence electrons. The van der Waals surface area contributed by atoms with E-state index in [-0.39, 0.29) is 5.57 Å². The van der Waals surface area contributed by atoms with Crippen LogP contribution in [0.4, 0.5) is 4.79 Å². The first kappa shape index (κ1) is 19.2. The Morgan fingerprint density at radius 3 is 2.46 bits per heavy atom. The number of carbonyl (C=O) groups is 3. The molecule has 0 bridgehead atoms. The molecule has 0 spiro atoms. The average molecular weight is 379 g/mol. The number of barbiturate groups is 1. The summed E-state index contributed by atoms with van der Waals surface area (Å²) in [7, 11) is 1.33. The number of nitrogens with zero attached hydrogens (tertiary/aromatic N) is 2. The quantitative estimate of drug-likeness (QED) is 0.492. The number of benzene rings is 1. The van der Waals surface area contributed by atoms with Crippen molar-refractivity contribution in [2.24, 2.45) is 0 Å². The zero-order valence-electron chi connectivity index (χ0n) is 16.0. The number of amides is 4. The molecule has 0 saturated carbocycles. The molecule has 0 radical (unpaired) electrons. The van der Waals surface area contributed by atoms with E-state index in [2.05, 4.69) is 11.9 Å². The van der Waals surface area contributed by atoms with Gasteiger partial charge in [-0.05, 0) is 55.8 Å². The van der Waals surface area contributed by atoms with Crippen LogP contribution in [0.2, 0.25) is 0 Å². The monoisotopic (exact) mass is 379 g/mol. The number of urea groups is 1. The first-order chi connectivity index (χ1) is 13.3. The Bertz CT molecular complexity index is 999. The Kier molecular flexibility index (Phi) is 5.17. The van der Waals surface area contributed by atoms with Crippen molar-refractivity contribution in [2.45, 2.75) is 13.8 Å². The van der Waals surface area contributed by atoms with Crippen LogP contribution in [0.25, 0.3) is 11.8 Å². The van der Waals surface area contributed by atoms with E-state index >= 15 is 0 Å². The smallest absolute Gasteiger partial charge is 0.331 e. The molecule has 4 amide bonds. The Morgan fingerprint density at radius 2 is 1.82 bits per heavy atom. The van der Waals surface area contributed by atoms with Crippen LogP contribution in [0, 0.1) is 13.8 Å². The van der Waals surface area contributed by atoms with Gasteiger partial charge in [-0.3, -0.25) is 19.8 Å². The van der Waals surface area contributed by atoms with Crippen LogP contribution >= 0.6 is 0 Å². The third kappa shape index (κ3) is 3.46. The molecule has 3 rings (SSSR count). The fraction of sp³-hybridized carbons (Fsp3) is 0.190. The molecular formula is C21H21N3O4. The van der Waals surface area contributed by atoms with Gasteiger partial charge in [-0.25, -0.2) is 4.79 Å². The maximum atomic E-state index is 12.3. The third-order valence-electron chi connectivity index (χ3n) is 4.54. The van der Waals surface area contributed by atoms with E-state index in [1.807, 2.05) is 48.7 Å². The zero-order valence-corrected chi connectivity index (χ0v) is 16.0. The molecule has 7 heteroatoms. The van der Waals surface area contributed by atoms with Gasteiger partial charge in [0.25, 0.3) is 11.8 Å². The van der Waals surface area contributed by atoms with E-state index in [0.717, 1.165) is 33.3 Å². The lowest BCUT2D eigenvalue weighted by Gasteiger charge is -2.22. The summed E-state index contributed by atoms with van der Waals surface area (Å²) in [5.41, 5.74) is 3.39. The van der Waals surface area contributed by atoms with Crippen LogP contribution in [0.15, 0.2) is 48.6 Å². The molecule has 0 aliphatic carbocycles. The van der Waals surface area contributed by atoms with Crippen molar-refractivity contribution in [1.29, 1.82) is 0 Å². The van der Waals surface area contributed by atoms with Gasteiger partial charge < -0.3 is 9.30 Å². The number of aryl methyl sites for hydroxylation is 1. The molecule has 0 atom stereocenters. The van der Waals surface area contributed by atoms with Crippen LogP contribution in [0.5, 0.6) is 5.75 Å². The first-order valence-corrected chi connectivity index (χ1v) is 8.71. The summed E-state index contributed by atoms with van der Waals surface area (Å²) in [6.45, 7) is 7.91. The van der Waals surface area contributed by atoms with Crippen LogP contribution < -0.4 is 10.1 Å². The van der Waals surface area contributed by atoms with Crippen molar-refractivity contribution in [1.82, 2.24) is 14.8 Å². The number of carbonyl (C=O) groups excluding carboxylic acids is 3. The molecule has 1 saturated heterocycles. The standard InChI is InChI=1S/C21H21N3O4/c1-5-10-28-17-8-6-16(7-9-17)24-13(2)11-15(14(24)3)12-18-19(25)22-21(27)23(4)20(18)26/h5-9,11-12H,1,10H2,2-4H3,(H,22,25,27). The second-order valence-corrected chi connectivity index (χ2v) is 6.44. The lowest BCUT2D eigenvalue weighted by atomic mass is 10.1. The highest BCUT2D eigenvalue weighted by atomic mass is 16.5. The highest BCUT2D eigenvalue weighted by Crippen LogP contribution is 2.25. The van der Waals surface area contributed by atoms with Gasteiger partial charge in [0.05, 0.1) is 0 Å². The predicted octanol–water partition coefficient (Wildman–Crippen LogP) is 2.75. The second-order valence-electron chi connectivity index (χ2n) is 6.44. The molecule has 28 heavy (non-hydrogen) atoms. The zero-order chi connectivity index (χ0) is 20.4. The van der Waals surface area contributed by atoms with Gasteiger partial charge in [0, 0.05) is 24.1 Å². The molecule has 7 nitrogen and oxygen atoms in total. The Morgan fingerprint density at radius 1 is 1.14 bits per heavy atom. The van der Waals surface area contributed by atoms with Crippen LogP contribution in [0.3, 0.4) is 0 Å². The van der Waals surface area contributed by atoms with E-state index in [1.165, 1.54) is 13.1 Å². The van der Waals surface area contributed by atoms with Gasteiger partial charge in [-0.2, -0.15) is 0 Å². The lowest BCUT2D eigenvalue weighted by molar-refractivity contribution is -0.129. The van der Waals surface area contributed by atoms with Gasteiger partial charge in [-0.15, -0.1) is 0 Å². The maximum absolute atomic E-state index is 12.3. The third-order valence-corrected chi connectivity index (χ3v) is 4.54. The van der Waals surface area contributed by atoms with Gasteiger partial charge >= 0.3 is 6.03 Å². The first-order valence-electron chi connectivity index (χ1n) is 8.71. The van der Waals surface area contributed by atoms with Crippen molar-refractivity contribution < 1.29 is 19.1 Å². The summed E-state index contributed by atoms with van der Waals surface area (Å²) in [6.07, 6.45) is 3.20. The van der Waals surface area contributed by atoms with Gasteiger partial charge in [0.1, 0.15) is 17.9 Å². The Balaban J connectivity index is 1.96. The highest BCUT2D eigenvalue weighted by Gasteiger charge is 2.33. The summed E-state index contributed by atoms with van der Waals surface area (Å²) >= 11 is 0.